The van der Waals surface area contributed by atoms with E-state index in [1.54, 1.807) is 12.1 Å². The first kappa shape index (κ1) is 15.3. The number of hydrogen-bond acceptors (Lipinski definition) is 5. The van der Waals surface area contributed by atoms with Gasteiger partial charge in [-0.2, -0.15) is 8.42 Å². The number of rotatable bonds is 5. The molecule has 0 atom stereocenters. The van der Waals surface area contributed by atoms with E-state index in [-0.39, 0.29) is 11.6 Å². The topological polar surface area (TPSA) is 88.5 Å². The Balaban J connectivity index is 2.34. The lowest BCUT2D eigenvalue weighted by molar-refractivity contribution is 0.281. The quantitative estimate of drug-likeness (QED) is 0.877. The van der Waals surface area contributed by atoms with Gasteiger partial charge in [0.1, 0.15) is 5.75 Å². The van der Waals surface area contributed by atoms with Crippen LogP contribution in [-0.2, 0) is 16.6 Å². The van der Waals surface area contributed by atoms with E-state index in [1.807, 2.05) is 13.0 Å². The summed E-state index contributed by atoms with van der Waals surface area (Å²) in [5.74, 6) is 0.427. The summed E-state index contributed by atoms with van der Waals surface area (Å²) >= 11 is 0. The molecule has 0 aliphatic heterocycles. The van der Waals surface area contributed by atoms with Crippen LogP contribution >= 0.6 is 0 Å². The highest BCUT2D eigenvalue weighted by Gasteiger charge is 2.18. The summed E-state index contributed by atoms with van der Waals surface area (Å²) in [5, 5.41) is 8.82. The molecular weight excluding hydrogens is 292 g/mol. The molecule has 0 fully saturated rings. The summed E-state index contributed by atoms with van der Waals surface area (Å²) in [5.41, 5.74) is 1.80. The van der Waals surface area contributed by atoms with Gasteiger partial charge in [-0.1, -0.05) is 12.1 Å². The number of benzene rings is 1. The molecule has 0 unspecified atom stereocenters. The van der Waals surface area contributed by atoms with E-state index in [2.05, 4.69) is 9.71 Å². The van der Waals surface area contributed by atoms with Gasteiger partial charge in [-0.25, -0.2) is 4.98 Å². The van der Waals surface area contributed by atoms with Crippen molar-refractivity contribution in [1.82, 2.24) is 4.98 Å². The van der Waals surface area contributed by atoms with Crippen LogP contribution in [0.1, 0.15) is 11.1 Å². The van der Waals surface area contributed by atoms with Gasteiger partial charge in [-0.05, 0) is 36.2 Å². The third-order valence-electron chi connectivity index (χ3n) is 2.85. The van der Waals surface area contributed by atoms with Gasteiger partial charge in [0.2, 0.25) is 0 Å². The SMILES string of the molecule is COc1ccc(C)cc1NS(=O)(=O)c1ccc(CO)cn1. The van der Waals surface area contributed by atoms with E-state index in [4.69, 9.17) is 9.84 Å². The number of pyridine rings is 1. The van der Waals surface area contributed by atoms with E-state index < -0.39 is 10.0 Å². The molecule has 0 saturated heterocycles. The second-order valence-electron chi connectivity index (χ2n) is 4.47. The Hall–Kier alpha value is -2.12. The van der Waals surface area contributed by atoms with Crippen molar-refractivity contribution in [2.24, 2.45) is 0 Å². The van der Waals surface area contributed by atoms with E-state index >= 15 is 0 Å². The fourth-order valence-corrected chi connectivity index (χ4v) is 2.75. The summed E-state index contributed by atoms with van der Waals surface area (Å²) in [6.45, 7) is 1.66. The number of aromatic nitrogens is 1. The number of aryl methyl sites for hydroxylation is 1. The number of methoxy groups -OCH3 is 1. The minimum Gasteiger partial charge on any atom is -0.495 e. The predicted octanol–water partition coefficient (Wildman–Crippen LogP) is 1.69. The zero-order valence-corrected chi connectivity index (χ0v) is 12.5. The maximum atomic E-state index is 12.3. The number of hydrogen-bond donors (Lipinski definition) is 2. The third-order valence-corrected chi connectivity index (χ3v) is 4.14. The maximum absolute atomic E-state index is 12.3. The summed E-state index contributed by atoms with van der Waals surface area (Å²) in [4.78, 5) is 3.84. The molecule has 2 aromatic rings. The second-order valence-corrected chi connectivity index (χ2v) is 6.10. The van der Waals surface area contributed by atoms with Gasteiger partial charge in [0.15, 0.2) is 5.03 Å². The standard InChI is InChI=1S/C14H16N2O4S/c1-10-3-5-13(20-2)12(7-10)16-21(18,19)14-6-4-11(9-17)8-15-14/h3-8,16-17H,9H2,1-2H3. The van der Waals surface area contributed by atoms with Crippen molar-refractivity contribution < 1.29 is 18.3 Å². The van der Waals surface area contributed by atoms with Crippen LogP contribution in [0, 0.1) is 6.92 Å². The lowest BCUT2D eigenvalue weighted by atomic mass is 10.2. The minimum absolute atomic E-state index is 0.122. The van der Waals surface area contributed by atoms with Crippen LogP contribution in [0.5, 0.6) is 5.75 Å². The van der Waals surface area contributed by atoms with Gasteiger partial charge >= 0.3 is 0 Å². The lowest BCUT2D eigenvalue weighted by Crippen LogP contribution is -2.15. The monoisotopic (exact) mass is 308 g/mol. The highest BCUT2D eigenvalue weighted by molar-refractivity contribution is 7.92. The van der Waals surface area contributed by atoms with Crippen LogP contribution in [0.15, 0.2) is 41.6 Å². The largest absolute Gasteiger partial charge is 0.495 e. The molecule has 6 nitrogen and oxygen atoms in total. The molecule has 0 saturated carbocycles. The van der Waals surface area contributed by atoms with Crippen molar-refractivity contribution in [1.29, 1.82) is 0 Å². The molecule has 1 aromatic heterocycles. The van der Waals surface area contributed by atoms with Crippen molar-refractivity contribution in [3.63, 3.8) is 0 Å². The molecule has 2 rings (SSSR count). The summed E-state index contributed by atoms with van der Waals surface area (Å²) in [6.07, 6.45) is 1.32. The average Bonchev–Trinajstić information content (AvgIpc) is 2.47. The Morgan fingerprint density at radius 3 is 2.62 bits per heavy atom. The number of nitrogens with one attached hydrogen (secondary N) is 1. The highest BCUT2D eigenvalue weighted by atomic mass is 32.2. The molecule has 0 radical (unpaired) electrons. The molecule has 0 aliphatic carbocycles. The molecule has 1 aromatic carbocycles. The summed E-state index contributed by atoms with van der Waals surface area (Å²) in [7, 11) is -2.34. The smallest absolute Gasteiger partial charge is 0.279 e. The molecule has 1 heterocycles. The summed E-state index contributed by atoms with van der Waals surface area (Å²) in [6, 6.07) is 8.05. The first-order valence-corrected chi connectivity index (χ1v) is 7.68. The van der Waals surface area contributed by atoms with Gasteiger partial charge in [0.25, 0.3) is 10.0 Å². The van der Waals surface area contributed by atoms with Crippen LogP contribution in [-0.4, -0.2) is 25.6 Å². The van der Waals surface area contributed by atoms with Gasteiger partial charge in [-0.3, -0.25) is 4.72 Å². The van der Waals surface area contributed by atoms with Gasteiger partial charge < -0.3 is 9.84 Å². The normalized spacial score (nSPS) is 11.2. The Kier molecular flexibility index (Phi) is 4.44. The molecular formula is C14H16N2O4S. The molecule has 0 bridgehead atoms. The molecule has 7 heteroatoms. The first-order valence-electron chi connectivity index (χ1n) is 6.19. The Morgan fingerprint density at radius 1 is 1.29 bits per heavy atom. The zero-order valence-electron chi connectivity index (χ0n) is 11.7. The Labute approximate surface area is 123 Å². The summed E-state index contributed by atoms with van der Waals surface area (Å²) < 4.78 is 32.2. The third kappa shape index (κ3) is 3.50. The molecule has 0 amide bonds. The number of aliphatic hydroxyl groups excluding tert-OH is 1. The van der Waals surface area contributed by atoms with Crippen molar-refractivity contribution >= 4 is 15.7 Å². The number of nitrogens with zero attached hydrogens (tertiary/aromatic N) is 1. The van der Waals surface area contributed by atoms with E-state index in [9.17, 15) is 8.42 Å². The van der Waals surface area contributed by atoms with Gasteiger partial charge in [0.05, 0.1) is 19.4 Å². The van der Waals surface area contributed by atoms with Crippen LogP contribution < -0.4 is 9.46 Å². The van der Waals surface area contributed by atoms with Crippen molar-refractivity contribution in [2.75, 3.05) is 11.8 Å². The fourth-order valence-electron chi connectivity index (χ4n) is 1.76. The van der Waals surface area contributed by atoms with Crippen molar-refractivity contribution in [2.45, 2.75) is 18.6 Å². The number of anilines is 1. The zero-order chi connectivity index (χ0) is 15.5. The first-order chi connectivity index (χ1) is 9.96. The fraction of sp³-hybridized carbons (Fsp3) is 0.214. The lowest BCUT2D eigenvalue weighted by Gasteiger charge is -2.12. The van der Waals surface area contributed by atoms with E-state index in [0.29, 0.717) is 17.0 Å². The second kappa shape index (κ2) is 6.11. The van der Waals surface area contributed by atoms with Crippen LogP contribution in [0.4, 0.5) is 5.69 Å². The van der Waals surface area contributed by atoms with Crippen molar-refractivity contribution in [3.8, 4) is 5.75 Å². The van der Waals surface area contributed by atoms with E-state index in [0.717, 1.165) is 5.56 Å². The number of ether oxygens (including phenoxy) is 1. The molecule has 2 N–H and O–H groups in total. The van der Waals surface area contributed by atoms with Gasteiger partial charge in [0, 0.05) is 6.20 Å². The number of sulfonamides is 1. The van der Waals surface area contributed by atoms with Crippen molar-refractivity contribution in [3.05, 3.63) is 47.7 Å². The predicted molar refractivity (Wildman–Crippen MR) is 78.7 cm³/mol. The van der Waals surface area contributed by atoms with Crippen LogP contribution in [0.3, 0.4) is 0 Å². The average molecular weight is 308 g/mol. The van der Waals surface area contributed by atoms with Crippen LogP contribution in [0.25, 0.3) is 0 Å². The van der Waals surface area contributed by atoms with Crippen LogP contribution in [0.2, 0.25) is 0 Å². The van der Waals surface area contributed by atoms with Gasteiger partial charge in [-0.15, -0.1) is 0 Å². The maximum Gasteiger partial charge on any atom is 0.279 e. The molecule has 112 valence electrons. The minimum atomic E-state index is -3.81. The molecule has 21 heavy (non-hydrogen) atoms. The molecule has 0 spiro atoms. The van der Waals surface area contributed by atoms with E-state index in [1.165, 1.54) is 25.4 Å². The highest BCUT2D eigenvalue weighted by Crippen LogP contribution is 2.27. The Bertz CT molecular complexity index is 727. The number of aliphatic hydroxyl groups is 1. The Morgan fingerprint density at radius 2 is 2.05 bits per heavy atom. The molecule has 0 aliphatic rings.